The van der Waals surface area contributed by atoms with E-state index in [1.54, 1.807) is 12.3 Å². The van der Waals surface area contributed by atoms with Crippen molar-refractivity contribution >= 4 is 0 Å². The molecule has 0 N–H and O–H groups in total. The summed E-state index contributed by atoms with van der Waals surface area (Å²) in [5.41, 5.74) is 0. The minimum absolute atomic E-state index is 0.375. The van der Waals surface area contributed by atoms with Crippen LogP contribution in [0.1, 0.15) is 12.1 Å². The highest BCUT2D eigenvalue weighted by Gasteiger charge is 2.15. The van der Waals surface area contributed by atoms with Gasteiger partial charge in [0.25, 0.3) is 0 Å². The monoisotopic (exact) mass is 354 g/mol. The average Bonchev–Trinajstić information content (AvgIpc) is 3.23. The highest BCUT2D eigenvalue weighted by Crippen LogP contribution is 2.19. The molecule has 0 saturated carbocycles. The van der Waals surface area contributed by atoms with Crippen LogP contribution in [0, 0.1) is 0 Å². The van der Waals surface area contributed by atoms with Crippen LogP contribution in [0.3, 0.4) is 0 Å². The fraction of sp³-hybridized carbons (Fsp3) is 0.238. The van der Waals surface area contributed by atoms with Gasteiger partial charge in [-0.25, -0.2) is 0 Å². The molecule has 0 radical (unpaired) electrons. The molecule has 0 aliphatic rings. The Balaban J connectivity index is 1.40. The van der Waals surface area contributed by atoms with Crippen LogP contribution in [0.15, 0.2) is 83.5 Å². The van der Waals surface area contributed by atoms with Gasteiger partial charge in [0.15, 0.2) is 5.76 Å². The van der Waals surface area contributed by atoms with Gasteiger partial charge < -0.3 is 23.4 Å². The van der Waals surface area contributed by atoms with Gasteiger partial charge in [-0.2, -0.15) is 0 Å². The van der Waals surface area contributed by atoms with Crippen LogP contribution in [0.5, 0.6) is 11.5 Å². The second-order valence-electron chi connectivity index (χ2n) is 5.41. The topological polar surface area (TPSA) is 50.1 Å². The van der Waals surface area contributed by atoms with Gasteiger partial charge in [-0.05, 0) is 36.4 Å². The molecule has 0 atom stereocenters. The largest absolute Gasteiger partial charge is 0.491 e. The molecular formula is C21H22O5. The molecule has 5 heteroatoms. The third kappa shape index (κ3) is 5.95. The normalized spacial score (nSPS) is 10.8. The van der Waals surface area contributed by atoms with E-state index in [9.17, 15) is 0 Å². The van der Waals surface area contributed by atoms with E-state index in [0.717, 1.165) is 11.5 Å². The lowest BCUT2D eigenvalue weighted by Crippen LogP contribution is -2.16. The van der Waals surface area contributed by atoms with E-state index in [2.05, 4.69) is 0 Å². The van der Waals surface area contributed by atoms with E-state index in [1.807, 2.05) is 66.7 Å². The molecule has 3 aromatic rings. The number of hydrogen-bond acceptors (Lipinski definition) is 5. The SMILES string of the molecule is c1ccc(OCCOC(OCCOc2ccccc2)c2ccco2)cc1. The van der Waals surface area contributed by atoms with Gasteiger partial charge in [0, 0.05) is 0 Å². The zero-order chi connectivity index (χ0) is 17.9. The lowest BCUT2D eigenvalue weighted by atomic mass is 10.3. The van der Waals surface area contributed by atoms with Gasteiger partial charge in [-0.15, -0.1) is 0 Å². The van der Waals surface area contributed by atoms with Crippen molar-refractivity contribution in [3.05, 3.63) is 84.8 Å². The Kier molecular flexibility index (Phi) is 7.13. The van der Waals surface area contributed by atoms with Crippen molar-refractivity contribution in [2.45, 2.75) is 6.29 Å². The number of benzene rings is 2. The lowest BCUT2D eigenvalue weighted by molar-refractivity contribution is -0.163. The van der Waals surface area contributed by atoms with Crippen molar-refractivity contribution in [3.8, 4) is 11.5 Å². The predicted molar refractivity (Wildman–Crippen MR) is 97.2 cm³/mol. The zero-order valence-corrected chi connectivity index (χ0v) is 14.5. The Hall–Kier alpha value is -2.76. The number of hydrogen-bond donors (Lipinski definition) is 0. The maximum absolute atomic E-state index is 5.76. The van der Waals surface area contributed by atoms with Gasteiger partial charge in [-0.1, -0.05) is 36.4 Å². The average molecular weight is 354 g/mol. The summed E-state index contributed by atoms with van der Waals surface area (Å²) in [4.78, 5) is 0. The Bertz CT molecular complexity index is 665. The van der Waals surface area contributed by atoms with Crippen molar-refractivity contribution in [1.29, 1.82) is 0 Å². The summed E-state index contributed by atoms with van der Waals surface area (Å²) in [6.45, 7) is 1.59. The lowest BCUT2D eigenvalue weighted by Gasteiger charge is -2.17. The van der Waals surface area contributed by atoms with Crippen molar-refractivity contribution in [2.75, 3.05) is 26.4 Å². The Morgan fingerprint density at radius 2 is 1.15 bits per heavy atom. The molecule has 5 nitrogen and oxygen atoms in total. The molecule has 0 fully saturated rings. The van der Waals surface area contributed by atoms with Crippen molar-refractivity contribution in [3.63, 3.8) is 0 Å². The Morgan fingerprint density at radius 1 is 0.615 bits per heavy atom. The van der Waals surface area contributed by atoms with Crippen molar-refractivity contribution in [2.24, 2.45) is 0 Å². The summed E-state index contributed by atoms with van der Waals surface area (Å²) < 4.78 is 28.2. The number of rotatable bonds is 11. The second-order valence-corrected chi connectivity index (χ2v) is 5.41. The van der Waals surface area contributed by atoms with Crippen molar-refractivity contribution < 1.29 is 23.4 Å². The van der Waals surface area contributed by atoms with Crippen LogP contribution in [0.4, 0.5) is 0 Å². The molecule has 0 amide bonds. The van der Waals surface area contributed by atoms with Crippen LogP contribution >= 0.6 is 0 Å². The molecule has 3 rings (SSSR count). The first-order valence-corrected chi connectivity index (χ1v) is 8.54. The quantitative estimate of drug-likeness (QED) is 0.376. The Morgan fingerprint density at radius 3 is 1.62 bits per heavy atom. The van der Waals surface area contributed by atoms with Crippen LogP contribution < -0.4 is 9.47 Å². The molecule has 136 valence electrons. The van der Waals surface area contributed by atoms with Gasteiger partial charge in [0.1, 0.15) is 24.7 Å². The maximum Gasteiger partial charge on any atom is 0.217 e. The first-order chi connectivity index (χ1) is 12.9. The molecule has 1 heterocycles. The van der Waals surface area contributed by atoms with E-state index in [4.69, 9.17) is 23.4 Å². The first-order valence-electron chi connectivity index (χ1n) is 8.54. The Labute approximate surface area is 153 Å². The fourth-order valence-corrected chi connectivity index (χ4v) is 2.30. The standard InChI is InChI=1S/C21H22O5/c1-3-8-18(9-4-1)22-14-16-25-21(20-12-7-13-24-20)26-17-15-23-19-10-5-2-6-11-19/h1-13,21H,14-17H2. The predicted octanol–water partition coefficient (Wildman–Crippen LogP) is 4.47. The van der Waals surface area contributed by atoms with Crippen LogP contribution in [0.2, 0.25) is 0 Å². The number of para-hydroxylation sites is 2. The van der Waals surface area contributed by atoms with E-state index in [0.29, 0.717) is 32.2 Å². The molecule has 0 saturated heterocycles. The maximum atomic E-state index is 5.76. The molecule has 0 aliphatic carbocycles. The van der Waals surface area contributed by atoms with Gasteiger partial charge in [-0.3, -0.25) is 0 Å². The second kappa shape index (κ2) is 10.3. The van der Waals surface area contributed by atoms with Crippen LogP contribution in [-0.4, -0.2) is 26.4 Å². The number of ether oxygens (including phenoxy) is 4. The van der Waals surface area contributed by atoms with E-state index in [1.165, 1.54) is 0 Å². The summed E-state index contributed by atoms with van der Waals surface area (Å²) in [6.07, 6.45) is 0.999. The highest BCUT2D eigenvalue weighted by atomic mass is 16.7. The molecule has 26 heavy (non-hydrogen) atoms. The van der Waals surface area contributed by atoms with Gasteiger partial charge in [0.05, 0.1) is 19.5 Å². The molecule has 2 aromatic carbocycles. The fourth-order valence-electron chi connectivity index (χ4n) is 2.30. The van der Waals surface area contributed by atoms with Gasteiger partial charge >= 0.3 is 0 Å². The highest BCUT2D eigenvalue weighted by molar-refractivity contribution is 5.21. The van der Waals surface area contributed by atoms with Crippen molar-refractivity contribution in [1.82, 2.24) is 0 Å². The van der Waals surface area contributed by atoms with E-state index in [-0.39, 0.29) is 0 Å². The van der Waals surface area contributed by atoms with Crippen LogP contribution in [-0.2, 0) is 9.47 Å². The minimum atomic E-state index is -0.594. The minimum Gasteiger partial charge on any atom is -0.491 e. The number of furan rings is 1. The van der Waals surface area contributed by atoms with Gasteiger partial charge in [0.2, 0.25) is 6.29 Å². The molecule has 0 spiro atoms. The summed E-state index contributed by atoms with van der Waals surface area (Å²) >= 11 is 0. The van der Waals surface area contributed by atoms with E-state index < -0.39 is 6.29 Å². The first kappa shape index (κ1) is 18.0. The van der Waals surface area contributed by atoms with E-state index >= 15 is 0 Å². The smallest absolute Gasteiger partial charge is 0.217 e. The molecule has 0 aliphatic heterocycles. The molecule has 0 unspecified atom stereocenters. The third-order valence-electron chi connectivity index (χ3n) is 3.50. The molecular weight excluding hydrogens is 332 g/mol. The summed E-state index contributed by atoms with van der Waals surface area (Å²) in [6, 6.07) is 22.8. The zero-order valence-electron chi connectivity index (χ0n) is 14.5. The summed E-state index contributed by atoms with van der Waals surface area (Å²) in [5.74, 6) is 2.23. The summed E-state index contributed by atoms with van der Waals surface area (Å²) in [5, 5.41) is 0. The summed E-state index contributed by atoms with van der Waals surface area (Å²) in [7, 11) is 0. The van der Waals surface area contributed by atoms with Crippen LogP contribution in [0.25, 0.3) is 0 Å². The molecule has 0 bridgehead atoms. The molecule has 1 aromatic heterocycles. The third-order valence-corrected chi connectivity index (χ3v) is 3.50.